The molecule has 0 radical (unpaired) electrons. The second-order valence-corrected chi connectivity index (χ2v) is 7.00. The van der Waals surface area contributed by atoms with Gasteiger partial charge in [-0.1, -0.05) is 11.6 Å². The summed E-state index contributed by atoms with van der Waals surface area (Å²) in [5.74, 6) is 0.519. The van der Waals surface area contributed by atoms with E-state index in [4.69, 9.17) is 21.0 Å². The van der Waals surface area contributed by atoms with Crippen LogP contribution in [0, 0.1) is 0 Å². The average Bonchev–Trinajstić information content (AvgIpc) is 3.35. The molecule has 0 saturated carbocycles. The molecule has 5 aromatic rings. The summed E-state index contributed by atoms with van der Waals surface area (Å²) in [7, 11) is 0. The van der Waals surface area contributed by atoms with E-state index >= 15 is 0 Å². The highest BCUT2D eigenvalue weighted by atomic mass is 35.5. The fraction of sp³-hybridized carbons (Fsp3) is 0. The Balaban J connectivity index is 1.71. The van der Waals surface area contributed by atoms with Crippen LogP contribution in [0.4, 0.5) is 0 Å². The van der Waals surface area contributed by atoms with Crippen molar-refractivity contribution in [3.05, 3.63) is 66.5 Å². The Morgan fingerprint density at radius 3 is 2.70 bits per heavy atom. The normalized spacial score (nSPS) is 11.1. The fourth-order valence-corrected chi connectivity index (χ4v) is 4.04. The second-order valence-electron chi connectivity index (χ2n) is 5.64. The summed E-state index contributed by atoms with van der Waals surface area (Å²) in [5.41, 5.74) is 2.90. The van der Waals surface area contributed by atoms with Gasteiger partial charge in [0, 0.05) is 41.8 Å². The Morgan fingerprint density at radius 2 is 1.89 bits per heavy atom. The topological polar surface area (TPSA) is 77.6 Å². The Hall–Kier alpha value is -3.16. The molecular formula is C19H10ClN5OS. The standard InChI is InChI=1S/C19H10ClN5OS/c20-17-16(27-19(25-17)11-3-1-5-21-10-11)15-12-4-8-26-14(12)9-13(24-15)18-22-6-2-7-23-18/h1-10H. The number of hydrogen-bond donors (Lipinski definition) is 0. The molecule has 0 spiro atoms. The molecule has 6 nitrogen and oxygen atoms in total. The number of thiazole rings is 1. The zero-order chi connectivity index (χ0) is 18.2. The maximum Gasteiger partial charge on any atom is 0.178 e. The van der Waals surface area contributed by atoms with Crippen molar-refractivity contribution < 1.29 is 4.42 Å². The first-order chi connectivity index (χ1) is 13.3. The smallest absolute Gasteiger partial charge is 0.178 e. The monoisotopic (exact) mass is 391 g/mol. The molecule has 5 heterocycles. The molecule has 27 heavy (non-hydrogen) atoms. The first-order valence-corrected chi connectivity index (χ1v) is 9.22. The van der Waals surface area contributed by atoms with Crippen molar-refractivity contribution in [3.63, 3.8) is 0 Å². The number of fused-ring (bicyclic) bond motifs is 1. The molecule has 0 aromatic carbocycles. The summed E-state index contributed by atoms with van der Waals surface area (Å²) in [5, 5.41) is 2.03. The van der Waals surface area contributed by atoms with Gasteiger partial charge in [0.25, 0.3) is 0 Å². The molecule has 0 N–H and O–H groups in total. The molecule has 0 aliphatic rings. The predicted octanol–water partition coefficient (Wildman–Crippen LogP) is 5.12. The summed E-state index contributed by atoms with van der Waals surface area (Å²) in [6.45, 7) is 0. The third kappa shape index (κ3) is 2.87. The molecular weight excluding hydrogens is 382 g/mol. The largest absolute Gasteiger partial charge is 0.464 e. The minimum Gasteiger partial charge on any atom is -0.464 e. The fourth-order valence-electron chi connectivity index (χ4n) is 2.74. The van der Waals surface area contributed by atoms with Gasteiger partial charge in [-0.05, 0) is 24.3 Å². The van der Waals surface area contributed by atoms with Crippen LogP contribution in [0.1, 0.15) is 0 Å². The molecule has 5 rings (SSSR count). The molecule has 0 atom stereocenters. The van der Waals surface area contributed by atoms with Crippen LogP contribution in [0.3, 0.4) is 0 Å². The lowest BCUT2D eigenvalue weighted by molar-refractivity contribution is 0.615. The maximum absolute atomic E-state index is 6.47. The minimum atomic E-state index is 0.389. The van der Waals surface area contributed by atoms with Crippen molar-refractivity contribution in [2.75, 3.05) is 0 Å². The molecule has 0 bridgehead atoms. The predicted molar refractivity (Wildman–Crippen MR) is 104 cm³/mol. The highest BCUT2D eigenvalue weighted by molar-refractivity contribution is 7.19. The van der Waals surface area contributed by atoms with E-state index in [9.17, 15) is 0 Å². The lowest BCUT2D eigenvalue weighted by Gasteiger charge is -2.04. The van der Waals surface area contributed by atoms with Crippen LogP contribution < -0.4 is 0 Å². The van der Waals surface area contributed by atoms with Gasteiger partial charge in [0.2, 0.25) is 0 Å². The van der Waals surface area contributed by atoms with E-state index in [2.05, 4.69) is 19.9 Å². The van der Waals surface area contributed by atoms with E-state index in [-0.39, 0.29) is 0 Å². The van der Waals surface area contributed by atoms with E-state index in [1.165, 1.54) is 11.3 Å². The first kappa shape index (κ1) is 16.0. The molecule has 0 saturated heterocycles. The average molecular weight is 392 g/mol. The number of pyridine rings is 2. The number of rotatable bonds is 3. The Bertz CT molecular complexity index is 1240. The third-order valence-electron chi connectivity index (χ3n) is 3.95. The van der Waals surface area contributed by atoms with Gasteiger partial charge in [-0.3, -0.25) is 4.98 Å². The van der Waals surface area contributed by atoms with Crippen molar-refractivity contribution in [1.29, 1.82) is 0 Å². The SMILES string of the molecule is Clc1nc(-c2cccnc2)sc1-c1nc(-c2ncccn2)cc2occc12. The van der Waals surface area contributed by atoms with Gasteiger partial charge in [-0.15, -0.1) is 11.3 Å². The summed E-state index contributed by atoms with van der Waals surface area (Å²) in [4.78, 5) is 22.7. The molecule has 0 aliphatic heterocycles. The highest BCUT2D eigenvalue weighted by Crippen LogP contribution is 2.41. The van der Waals surface area contributed by atoms with Crippen molar-refractivity contribution in [2.45, 2.75) is 0 Å². The van der Waals surface area contributed by atoms with Crippen LogP contribution in [0.5, 0.6) is 0 Å². The minimum absolute atomic E-state index is 0.389. The van der Waals surface area contributed by atoms with Gasteiger partial charge in [-0.25, -0.2) is 19.9 Å². The zero-order valence-corrected chi connectivity index (χ0v) is 15.3. The maximum atomic E-state index is 6.47. The van der Waals surface area contributed by atoms with Gasteiger partial charge >= 0.3 is 0 Å². The number of hydrogen-bond acceptors (Lipinski definition) is 7. The molecule has 130 valence electrons. The summed E-state index contributed by atoms with van der Waals surface area (Å²) >= 11 is 7.93. The molecule has 5 aromatic heterocycles. The molecule has 0 aliphatic carbocycles. The van der Waals surface area contributed by atoms with Gasteiger partial charge < -0.3 is 4.42 Å². The van der Waals surface area contributed by atoms with Crippen LogP contribution in [0.15, 0.2) is 65.8 Å². The Labute approximate surface area is 162 Å². The summed E-state index contributed by atoms with van der Waals surface area (Å²) < 4.78 is 5.61. The third-order valence-corrected chi connectivity index (χ3v) is 5.45. The van der Waals surface area contributed by atoms with Crippen molar-refractivity contribution in [3.8, 4) is 32.7 Å². The number of furan rings is 1. The molecule has 0 unspecified atom stereocenters. The van der Waals surface area contributed by atoms with E-state index in [0.717, 1.165) is 20.8 Å². The summed E-state index contributed by atoms with van der Waals surface area (Å²) in [6, 6.07) is 9.26. The first-order valence-electron chi connectivity index (χ1n) is 8.02. The van der Waals surface area contributed by atoms with E-state index in [1.54, 1.807) is 37.1 Å². The highest BCUT2D eigenvalue weighted by Gasteiger charge is 2.19. The Kier molecular flexibility index (Phi) is 3.88. The second kappa shape index (κ2) is 6.53. The van der Waals surface area contributed by atoms with E-state index in [0.29, 0.717) is 27.9 Å². The van der Waals surface area contributed by atoms with Gasteiger partial charge in [0.1, 0.15) is 21.4 Å². The van der Waals surface area contributed by atoms with E-state index < -0.39 is 0 Å². The van der Waals surface area contributed by atoms with Crippen LogP contribution in [-0.2, 0) is 0 Å². The molecule has 0 amide bonds. The van der Waals surface area contributed by atoms with Gasteiger partial charge in [0.05, 0.1) is 16.8 Å². The number of aromatic nitrogens is 5. The number of nitrogens with zero attached hydrogens (tertiary/aromatic N) is 5. The van der Waals surface area contributed by atoms with Crippen LogP contribution in [-0.4, -0.2) is 24.9 Å². The van der Waals surface area contributed by atoms with E-state index in [1.807, 2.05) is 24.3 Å². The molecule has 0 fully saturated rings. The Morgan fingerprint density at radius 1 is 1.00 bits per heavy atom. The lowest BCUT2D eigenvalue weighted by Crippen LogP contribution is -1.92. The lowest BCUT2D eigenvalue weighted by atomic mass is 10.2. The van der Waals surface area contributed by atoms with Gasteiger partial charge in [0.15, 0.2) is 5.82 Å². The van der Waals surface area contributed by atoms with Gasteiger partial charge in [-0.2, -0.15) is 0 Å². The van der Waals surface area contributed by atoms with Crippen LogP contribution >= 0.6 is 22.9 Å². The van der Waals surface area contributed by atoms with Crippen molar-refractivity contribution in [2.24, 2.45) is 0 Å². The van der Waals surface area contributed by atoms with Crippen molar-refractivity contribution >= 4 is 33.9 Å². The number of halogens is 1. The quantitative estimate of drug-likeness (QED) is 0.424. The van der Waals surface area contributed by atoms with Crippen molar-refractivity contribution in [1.82, 2.24) is 24.9 Å². The zero-order valence-electron chi connectivity index (χ0n) is 13.7. The van der Waals surface area contributed by atoms with Crippen LogP contribution in [0.25, 0.3) is 43.6 Å². The summed E-state index contributed by atoms with van der Waals surface area (Å²) in [6.07, 6.45) is 8.46. The molecule has 8 heteroatoms. The van der Waals surface area contributed by atoms with Crippen LogP contribution in [0.2, 0.25) is 5.15 Å².